The first-order chi connectivity index (χ1) is 7.08. The number of aryl methyl sites for hydroxylation is 1. The maximum atomic E-state index is 10.5. The molecular weight excluding hydrogens is 208 g/mol. The molecule has 0 radical (unpaired) electrons. The zero-order valence-corrected chi connectivity index (χ0v) is 9.88. The molecule has 0 aromatic heterocycles. The SMILES string of the molecule is Cc1cccc(CSC(C)CC(=O)O)c1. The Bertz CT molecular complexity index is 336. The van der Waals surface area contributed by atoms with Crippen molar-refractivity contribution in [2.45, 2.75) is 31.3 Å². The van der Waals surface area contributed by atoms with Crippen molar-refractivity contribution in [3.05, 3.63) is 35.4 Å². The van der Waals surface area contributed by atoms with E-state index in [1.54, 1.807) is 11.8 Å². The third-order valence-corrected chi connectivity index (χ3v) is 3.31. The van der Waals surface area contributed by atoms with Gasteiger partial charge in [0.15, 0.2) is 0 Å². The molecule has 2 nitrogen and oxygen atoms in total. The lowest BCUT2D eigenvalue weighted by molar-refractivity contribution is -0.136. The van der Waals surface area contributed by atoms with Crippen LogP contribution in [0.4, 0.5) is 0 Å². The number of rotatable bonds is 5. The molecule has 0 aliphatic carbocycles. The van der Waals surface area contributed by atoms with Crippen molar-refractivity contribution >= 4 is 17.7 Å². The average molecular weight is 224 g/mol. The summed E-state index contributed by atoms with van der Waals surface area (Å²) in [6.45, 7) is 4.02. The molecule has 0 spiro atoms. The number of hydrogen-bond acceptors (Lipinski definition) is 2. The normalized spacial score (nSPS) is 12.4. The lowest BCUT2D eigenvalue weighted by Crippen LogP contribution is -2.05. The highest BCUT2D eigenvalue weighted by molar-refractivity contribution is 7.99. The van der Waals surface area contributed by atoms with Gasteiger partial charge in [-0.1, -0.05) is 36.8 Å². The van der Waals surface area contributed by atoms with Gasteiger partial charge in [0, 0.05) is 11.0 Å². The summed E-state index contributed by atoms with van der Waals surface area (Å²) in [5.74, 6) is 0.162. The summed E-state index contributed by atoms with van der Waals surface area (Å²) in [4.78, 5) is 10.5. The summed E-state index contributed by atoms with van der Waals surface area (Å²) >= 11 is 1.69. The summed E-state index contributed by atoms with van der Waals surface area (Å²) < 4.78 is 0. The minimum Gasteiger partial charge on any atom is -0.481 e. The average Bonchev–Trinajstić information content (AvgIpc) is 2.14. The van der Waals surface area contributed by atoms with Crippen molar-refractivity contribution in [2.75, 3.05) is 0 Å². The second-order valence-corrected chi connectivity index (χ2v) is 5.14. The fraction of sp³-hybridized carbons (Fsp3) is 0.417. The Hall–Kier alpha value is -0.960. The van der Waals surface area contributed by atoms with Crippen LogP contribution in [0, 0.1) is 6.92 Å². The number of thioether (sulfide) groups is 1. The summed E-state index contributed by atoms with van der Waals surface area (Å²) in [5.41, 5.74) is 2.51. The van der Waals surface area contributed by atoms with Crippen LogP contribution < -0.4 is 0 Å². The van der Waals surface area contributed by atoms with Gasteiger partial charge in [0.1, 0.15) is 0 Å². The van der Waals surface area contributed by atoms with Crippen LogP contribution in [0.5, 0.6) is 0 Å². The molecule has 1 rings (SSSR count). The molecule has 1 atom stereocenters. The first-order valence-corrected chi connectivity index (χ1v) is 6.01. The topological polar surface area (TPSA) is 37.3 Å². The molecule has 1 unspecified atom stereocenters. The van der Waals surface area contributed by atoms with E-state index in [2.05, 4.69) is 25.1 Å². The van der Waals surface area contributed by atoms with E-state index in [0.29, 0.717) is 0 Å². The zero-order valence-electron chi connectivity index (χ0n) is 9.06. The van der Waals surface area contributed by atoms with Crippen molar-refractivity contribution in [1.82, 2.24) is 0 Å². The molecule has 0 heterocycles. The van der Waals surface area contributed by atoms with E-state index in [1.165, 1.54) is 11.1 Å². The molecule has 0 aliphatic heterocycles. The molecule has 0 fully saturated rings. The summed E-state index contributed by atoms with van der Waals surface area (Å²) in [6.07, 6.45) is 0.233. The summed E-state index contributed by atoms with van der Waals surface area (Å²) in [5, 5.41) is 8.78. The fourth-order valence-electron chi connectivity index (χ4n) is 1.35. The van der Waals surface area contributed by atoms with Crippen LogP contribution in [0.1, 0.15) is 24.5 Å². The number of carboxylic acid groups (broad SMARTS) is 1. The third kappa shape index (κ3) is 4.88. The lowest BCUT2D eigenvalue weighted by atomic mass is 10.2. The van der Waals surface area contributed by atoms with Gasteiger partial charge in [0.25, 0.3) is 0 Å². The molecule has 1 aromatic carbocycles. The predicted octanol–water partition coefficient (Wildman–Crippen LogP) is 3.09. The fourth-order valence-corrected chi connectivity index (χ4v) is 2.26. The van der Waals surface area contributed by atoms with Gasteiger partial charge in [0.05, 0.1) is 6.42 Å². The van der Waals surface area contributed by atoms with Crippen molar-refractivity contribution in [1.29, 1.82) is 0 Å². The van der Waals surface area contributed by atoms with E-state index >= 15 is 0 Å². The highest BCUT2D eigenvalue weighted by atomic mass is 32.2. The van der Waals surface area contributed by atoms with Crippen molar-refractivity contribution in [2.24, 2.45) is 0 Å². The van der Waals surface area contributed by atoms with E-state index in [4.69, 9.17) is 5.11 Å². The number of carboxylic acids is 1. The van der Waals surface area contributed by atoms with Crippen LogP contribution in [0.2, 0.25) is 0 Å². The van der Waals surface area contributed by atoms with Gasteiger partial charge in [-0.2, -0.15) is 11.8 Å². The summed E-state index contributed by atoms with van der Waals surface area (Å²) in [7, 11) is 0. The summed E-state index contributed by atoms with van der Waals surface area (Å²) in [6, 6.07) is 8.32. The Morgan fingerprint density at radius 1 is 1.53 bits per heavy atom. The van der Waals surface area contributed by atoms with Crippen LogP contribution in [-0.4, -0.2) is 16.3 Å². The molecule has 3 heteroatoms. The quantitative estimate of drug-likeness (QED) is 0.835. The van der Waals surface area contributed by atoms with Crippen molar-refractivity contribution in [3.8, 4) is 0 Å². The third-order valence-electron chi connectivity index (χ3n) is 2.08. The first kappa shape index (κ1) is 12.1. The number of benzene rings is 1. The molecule has 0 bridgehead atoms. The highest BCUT2D eigenvalue weighted by Gasteiger charge is 2.07. The van der Waals surface area contributed by atoms with Gasteiger partial charge in [-0.25, -0.2) is 0 Å². The standard InChI is InChI=1S/C12H16O2S/c1-9-4-3-5-11(6-9)8-15-10(2)7-12(13)14/h3-6,10H,7-8H2,1-2H3,(H,13,14). The van der Waals surface area contributed by atoms with Gasteiger partial charge < -0.3 is 5.11 Å². The molecule has 1 aromatic rings. The van der Waals surface area contributed by atoms with Gasteiger partial charge in [0.2, 0.25) is 0 Å². The highest BCUT2D eigenvalue weighted by Crippen LogP contribution is 2.20. The van der Waals surface area contributed by atoms with Crippen LogP contribution in [-0.2, 0) is 10.5 Å². The molecule has 0 saturated carbocycles. The molecule has 15 heavy (non-hydrogen) atoms. The van der Waals surface area contributed by atoms with E-state index < -0.39 is 5.97 Å². The monoisotopic (exact) mass is 224 g/mol. The lowest BCUT2D eigenvalue weighted by Gasteiger charge is -2.08. The Morgan fingerprint density at radius 2 is 2.27 bits per heavy atom. The number of carbonyl (C=O) groups is 1. The van der Waals surface area contributed by atoms with E-state index in [9.17, 15) is 4.79 Å². The van der Waals surface area contributed by atoms with Crippen molar-refractivity contribution < 1.29 is 9.90 Å². The predicted molar refractivity (Wildman–Crippen MR) is 64.2 cm³/mol. The second-order valence-electron chi connectivity index (χ2n) is 3.71. The van der Waals surface area contributed by atoms with E-state index in [1.807, 2.05) is 13.0 Å². The molecule has 0 saturated heterocycles. The van der Waals surface area contributed by atoms with Crippen LogP contribution in [0.15, 0.2) is 24.3 Å². The van der Waals surface area contributed by atoms with E-state index in [0.717, 1.165) is 5.75 Å². The Balaban J connectivity index is 2.40. The smallest absolute Gasteiger partial charge is 0.304 e. The second kappa shape index (κ2) is 5.81. The number of aliphatic carboxylic acids is 1. The first-order valence-electron chi connectivity index (χ1n) is 4.97. The van der Waals surface area contributed by atoms with Crippen LogP contribution in [0.3, 0.4) is 0 Å². The molecule has 82 valence electrons. The molecule has 1 N–H and O–H groups in total. The maximum Gasteiger partial charge on any atom is 0.304 e. The maximum absolute atomic E-state index is 10.5. The Kier molecular flexibility index (Phi) is 4.69. The zero-order chi connectivity index (χ0) is 11.3. The molecule has 0 amide bonds. The minimum atomic E-state index is -0.723. The number of hydrogen-bond donors (Lipinski definition) is 1. The Labute approximate surface area is 94.7 Å². The van der Waals surface area contributed by atoms with Gasteiger partial charge >= 0.3 is 5.97 Å². The van der Waals surface area contributed by atoms with Gasteiger partial charge in [-0.15, -0.1) is 0 Å². The van der Waals surface area contributed by atoms with Crippen LogP contribution in [0.25, 0.3) is 0 Å². The largest absolute Gasteiger partial charge is 0.481 e. The van der Waals surface area contributed by atoms with Gasteiger partial charge in [-0.05, 0) is 12.5 Å². The molecular formula is C12H16O2S. The minimum absolute atomic E-state index is 0.169. The van der Waals surface area contributed by atoms with Crippen molar-refractivity contribution in [3.63, 3.8) is 0 Å². The van der Waals surface area contributed by atoms with E-state index in [-0.39, 0.29) is 11.7 Å². The molecule has 0 aliphatic rings. The van der Waals surface area contributed by atoms with Gasteiger partial charge in [-0.3, -0.25) is 4.79 Å². The van der Waals surface area contributed by atoms with Crippen LogP contribution >= 0.6 is 11.8 Å². The Morgan fingerprint density at radius 3 is 2.87 bits per heavy atom.